The number of hydrogen-bond acceptors (Lipinski definition) is 2. The van der Waals surface area contributed by atoms with Crippen molar-refractivity contribution >= 4 is 33.6 Å². The van der Waals surface area contributed by atoms with Gasteiger partial charge in [0.15, 0.2) is 0 Å². The summed E-state index contributed by atoms with van der Waals surface area (Å²) in [6, 6.07) is 5.30. The van der Waals surface area contributed by atoms with Gasteiger partial charge in [-0.1, -0.05) is 22.0 Å². The van der Waals surface area contributed by atoms with Crippen molar-refractivity contribution in [3.63, 3.8) is 0 Å². The molecule has 3 N–H and O–H groups in total. The van der Waals surface area contributed by atoms with Gasteiger partial charge in [-0.2, -0.15) is 0 Å². The van der Waals surface area contributed by atoms with Crippen LogP contribution < -0.4 is 10.6 Å². The van der Waals surface area contributed by atoms with Crippen molar-refractivity contribution in [3.05, 3.63) is 28.2 Å². The molecule has 108 valence electrons. The topological polar surface area (TPSA) is 78.4 Å². The van der Waals surface area contributed by atoms with Crippen LogP contribution in [0.2, 0.25) is 0 Å². The summed E-state index contributed by atoms with van der Waals surface area (Å²) in [5, 5.41) is 14.6. The van der Waals surface area contributed by atoms with E-state index in [1.165, 1.54) is 0 Å². The molecular formula is C14H17BrN2O3. The molecule has 0 spiro atoms. The van der Waals surface area contributed by atoms with Crippen LogP contribution in [-0.2, 0) is 4.79 Å². The smallest absolute Gasteiger partial charge is 0.319 e. The fraction of sp³-hybridized carbons (Fsp3) is 0.429. The van der Waals surface area contributed by atoms with Crippen LogP contribution in [0, 0.1) is 12.8 Å². The molecule has 0 aliphatic heterocycles. The number of halogens is 1. The summed E-state index contributed by atoms with van der Waals surface area (Å²) in [4.78, 5) is 22.8. The SMILES string of the molecule is Cc1ccc(Br)cc1NC(=O)N[C@H]1CC[C@@H](C(=O)O)C1. The number of anilines is 1. The second-order valence-corrected chi connectivity index (χ2v) is 6.02. The number of benzene rings is 1. The summed E-state index contributed by atoms with van der Waals surface area (Å²) < 4.78 is 0.894. The normalized spacial score (nSPS) is 21.5. The molecule has 1 saturated carbocycles. The molecule has 0 aromatic heterocycles. The maximum Gasteiger partial charge on any atom is 0.319 e. The first kappa shape index (κ1) is 14.8. The summed E-state index contributed by atoms with van der Waals surface area (Å²) in [6.45, 7) is 1.91. The monoisotopic (exact) mass is 340 g/mol. The number of aryl methyl sites for hydroxylation is 1. The highest BCUT2D eigenvalue weighted by molar-refractivity contribution is 9.10. The maximum atomic E-state index is 11.9. The Balaban J connectivity index is 1.90. The van der Waals surface area contributed by atoms with E-state index in [9.17, 15) is 9.59 Å². The van der Waals surface area contributed by atoms with Gasteiger partial charge in [-0.05, 0) is 43.9 Å². The molecule has 0 heterocycles. The largest absolute Gasteiger partial charge is 0.481 e. The van der Waals surface area contributed by atoms with Gasteiger partial charge in [0, 0.05) is 16.2 Å². The Bertz CT molecular complexity index is 533. The number of urea groups is 1. The number of aliphatic carboxylic acids is 1. The zero-order valence-electron chi connectivity index (χ0n) is 11.1. The zero-order chi connectivity index (χ0) is 14.7. The first-order valence-corrected chi connectivity index (χ1v) is 7.31. The zero-order valence-corrected chi connectivity index (χ0v) is 12.7. The third-order valence-electron chi connectivity index (χ3n) is 3.56. The summed E-state index contributed by atoms with van der Waals surface area (Å²) in [7, 11) is 0. The fourth-order valence-electron chi connectivity index (χ4n) is 2.41. The lowest BCUT2D eigenvalue weighted by atomic mass is 10.1. The molecule has 0 bridgehead atoms. The van der Waals surface area contributed by atoms with Gasteiger partial charge in [-0.3, -0.25) is 4.79 Å². The molecule has 6 heteroatoms. The van der Waals surface area contributed by atoms with Crippen LogP contribution in [0.4, 0.5) is 10.5 Å². The van der Waals surface area contributed by atoms with Crippen LogP contribution in [0.3, 0.4) is 0 Å². The highest BCUT2D eigenvalue weighted by Crippen LogP contribution is 2.26. The lowest BCUT2D eigenvalue weighted by Crippen LogP contribution is -2.36. The molecule has 1 aromatic carbocycles. The first-order valence-electron chi connectivity index (χ1n) is 6.52. The molecule has 1 fully saturated rings. The number of rotatable bonds is 3. The van der Waals surface area contributed by atoms with Crippen molar-refractivity contribution in [3.8, 4) is 0 Å². The summed E-state index contributed by atoms with van der Waals surface area (Å²) in [5.74, 6) is -1.12. The van der Waals surface area contributed by atoms with E-state index in [0.29, 0.717) is 19.3 Å². The van der Waals surface area contributed by atoms with E-state index in [1.807, 2.05) is 25.1 Å². The number of amides is 2. The molecule has 20 heavy (non-hydrogen) atoms. The molecule has 0 unspecified atom stereocenters. The highest BCUT2D eigenvalue weighted by atomic mass is 79.9. The average molecular weight is 341 g/mol. The summed E-state index contributed by atoms with van der Waals surface area (Å²) in [6.07, 6.45) is 1.83. The van der Waals surface area contributed by atoms with Crippen molar-refractivity contribution in [2.45, 2.75) is 32.2 Å². The van der Waals surface area contributed by atoms with Gasteiger partial charge in [0.2, 0.25) is 0 Å². The minimum atomic E-state index is -0.780. The number of hydrogen-bond donors (Lipinski definition) is 3. The van der Waals surface area contributed by atoms with Gasteiger partial charge in [-0.15, -0.1) is 0 Å². The molecule has 2 atom stereocenters. The van der Waals surface area contributed by atoms with Gasteiger partial charge < -0.3 is 15.7 Å². The van der Waals surface area contributed by atoms with E-state index < -0.39 is 5.97 Å². The Labute approximate surface area is 125 Å². The van der Waals surface area contributed by atoms with Crippen LogP contribution in [0.1, 0.15) is 24.8 Å². The molecule has 0 saturated heterocycles. The van der Waals surface area contributed by atoms with E-state index in [0.717, 1.165) is 15.7 Å². The van der Waals surface area contributed by atoms with Crippen molar-refractivity contribution in [1.29, 1.82) is 0 Å². The molecule has 1 aromatic rings. The number of carbonyl (C=O) groups excluding carboxylic acids is 1. The third kappa shape index (κ3) is 3.72. The van der Waals surface area contributed by atoms with E-state index in [2.05, 4.69) is 26.6 Å². The van der Waals surface area contributed by atoms with Crippen molar-refractivity contribution in [2.75, 3.05) is 5.32 Å². The third-order valence-corrected chi connectivity index (χ3v) is 4.06. The van der Waals surface area contributed by atoms with Crippen LogP contribution in [-0.4, -0.2) is 23.1 Å². The van der Waals surface area contributed by atoms with Gasteiger partial charge in [0.05, 0.1) is 5.92 Å². The number of carbonyl (C=O) groups is 2. The predicted octanol–water partition coefficient (Wildman–Crippen LogP) is 3.13. The van der Waals surface area contributed by atoms with E-state index in [-0.39, 0.29) is 18.0 Å². The fourth-order valence-corrected chi connectivity index (χ4v) is 2.77. The highest BCUT2D eigenvalue weighted by Gasteiger charge is 2.30. The van der Waals surface area contributed by atoms with E-state index in [1.54, 1.807) is 0 Å². The van der Waals surface area contributed by atoms with Crippen molar-refractivity contribution < 1.29 is 14.7 Å². The Hall–Kier alpha value is -1.56. The maximum absolute atomic E-state index is 11.9. The van der Waals surface area contributed by atoms with Crippen LogP contribution in [0.25, 0.3) is 0 Å². The second-order valence-electron chi connectivity index (χ2n) is 5.10. The summed E-state index contributed by atoms with van der Waals surface area (Å²) >= 11 is 3.36. The Kier molecular flexibility index (Phi) is 4.65. The second kappa shape index (κ2) is 6.26. The van der Waals surface area contributed by atoms with Gasteiger partial charge in [-0.25, -0.2) is 4.79 Å². The molecule has 2 amide bonds. The van der Waals surface area contributed by atoms with Gasteiger partial charge >= 0.3 is 12.0 Å². The minimum absolute atomic E-state index is 0.0661. The Morgan fingerprint density at radius 2 is 2.10 bits per heavy atom. The molecule has 1 aliphatic carbocycles. The lowest BCUT2D eigenvalue weighted by Gasteiger charge is -2.14. The molecule has 0 radical (unpaired) electrons. The van der Waals surface area contributed by atoms with Gasteiger partial charge in [0.1, 0.15) is 0 Å². The van der Waals surface area contributed by atoms with Crippen LogP contribution in [0.15, 0.2) is 22.7 Å². The lowest BCUT2D eigenvalue weighted by molar-refractivity contribution is -0.141. The molecule has 1 aliphatic rings. The van der Waals surface area contributed by atoms with E-state index in [4.69, 9.17) is 5.11 Å². The van der Waals surface area contributed by atoms with Crippen molar-refractivity contribution in [1.82, 2.24) is 5.32 Å². The molecular weight excluding hydrogens is 324 g/mol. The quantitative estimate of drug-likeness (QED) is 0.790. The first-order chi connectivity index (χ1) is 9.45. The van der Waals surface area contributed by atoms with Crippen LogP contribution in [0.5, 0.6) is 0 Å². The van der Waals surface area contributed by atoms with Crippen molar-refractivity contribution in [2.24, 2.45) is 5.92 Å². The molecule has 5 nitrogen and oxygen atoms in total. The van der Waals surface area contributed by atoms with Gasteiger partial charge in [0.25, 0.3) is 0 Å². The minimum Gasteiger partial charge on any atom is -0.481 e. The standard InChI is InChI=1S/C14H17BrN2O3/c1-8-2-4-10(15)7-12(8)17-14(20)16-11-5-3-9(6-11)13(18)19/h2,4,7,9,11H,3,5-6H2,1H3,(H,18,19)(H2,16,17,20)/t9-,11+/m1/s1. The number of carboxylic acids is 1. The summed E-state index contributed by atoms with van der Waals surface area (Å²) in [5.41, 5.74) is 1.71. The van der Waals surface area contributed by atoms with E-state index >= 15 is 0 Å². The Morgan fingerprint density at radius 1 is 1.35 bits per heavy atom. The number of nitrogens with one attached hydrogen (secondary N) is 2. The predicted molar refractivity (Wildman–Crippen MR) is 79.8 cm³/mol. The molecule has 2 rings (SSSR count). The average Bonchev–Trinajstić information content (AvgIpc) is 2.82. The van der Waals surface area contributed by atoms with Crippen LogP contribution >= 0.6 is 15.9 Å². The Morgan fingerprint density at radius 3 is 2.75 bits per heavy atom. The number of carboxylic acid groups (broad SMARTS) is 1.